The zero-order valence-corrected chi connectivity index (χ0v) is 16.9. The minimum absolute atomic E-state index is 0. The Kier molecular flexibility index (Phi) is 7.38. The van der Waals surface area contributed by atoms with Gasteiger partial charge in [0.1, 0.15) is 5.82 Å². The standard InChI is InChI=1S/C19H21FN4O.HI/c1-21-19(22-12-14-6-8-16(20)9-7-14)23-13-18(25)24-11-10-15-4-2-3-5-17(15)24;/h2-9H,10-13H2,1H3,(H2,21,22,23);1H. The number of fused-ring (bicyclic) bond motifs is 1. The van der Waals surface area contributed by atoms with Crippen molar-refractivity contribution in [2.24, 2.45) is 4.99 Å². The van der Waals surface area contributed by atoms with Crippen LogP contribution in [-0.2, 0) is 17.8 Å². The van der Waals surface area contributed by atoms with E-state index in [2.05, 4.69) is 21.7 Å². The first-order valence-electron chi connectivity index (χ1n) is 8.24. The minimum atomic E-state index is -0.261. The summed E-state index contributed by atoms with van der Waals surface area (Å²) in [6, 6.07) is 14.2. The van der Waals surface area contributed by atoms with E-state index >= 15 is 0 Å². The van der Waals surface area contributed by atoms with Crippen LogP contribution in [0.5, 0.6) is 0 Å². The van der Waals surface area contributed by atoms with Crippen LogP contribution in [0, 0.1) is 5.82 Å². The second-order valence-electron chi connectivity index (χ2n) is 5.83. The van der Waals surface area contributed by atoms with Gasteiger partial charge in [-0.1, -0.05) is 30.3 Å². The first kappa shape index (κ1) is 20.2. The fourth-order valence-corrected chi connectivity index (χ4v) is 2.86. The summed E-state index contributed by atoms with van der Waals surface area (Å²) >= 11 is 0. The summed E-state index contributed by atoms with van der Waals surface area (Å²) < 4.78 is 12.9. The molecule has 1 amide bonds. The number of carbonyl (C=O) groups is 1. The van der Waals surface area contributed by atoms with Crippen molar-refractivity contribution in [3.63, 3.8) is 0 Å². The molecular formula is C19H22FIN4O. The number of para-hydroxylation sites is 1. The molecule has 5 nitrogen and oxygen atoms in total. The number of hydrogen-bond acceptors (Lipinski definition) is 2. The van der Waals surface area contributed by atoms with Crippen molar-refractivity contribution < 1.29 is 9.18 Å². The number of anilines is 1. The number of aliphatic imine (C=N–C) groups is 1. The number of amides is 1. The highest BCUT2D eigenvalue weighted by Crippen LogP contribution is 2.27. The van der Waals surface area contributed by atoms with Crippen molar-refractivity contribution in [2.45, 2.75) is 13.0 Å². The van der Waals surface area contributed by atoms with Crippen molar-refractivity contribution in [3.05, 3.63) is 65.5 Å². The molecule has 0 radical (unpaired) electrons. The van der Waals surface area contributed by atoms with Gasteiger partial charge in [-0.05, 0) is 35.7 Å². The Morgan fingerprint density at radius 1 is 1.15 bits per heavy atom. The molecule has 138 valence electrons. The Hall–Kier alpha value is -2.16. The summed E-state index contributed by atoms with van der Waals surface area (Å²) in [5, 5.41) is 6.15. The van der Waals surface area contributed by atoms with Gasteiger partial charge in [-0.15, -0.1) is 24.0 Å². The molecule has 0 atom stereocenters. The van der Waals surface area contributed by atoms with Gasteiger partial charge < -0.3 is 15.5 Å². The minimum Gasteiger partial charge on any atom is -0.352 e. The molecular weight excluding hydrogens is 446 g/mol. The largest absolute Gasteiger partial charge is 0.352 e. The molecule has 1 aliphatic heterocycles. The van der Waals surface area contributed by atoms with Gasteiger partial charge in [0, 0.05) is 25.8 Å². The van der Waals surface area contributed by atoms with Gasteiger partial charge >= 0.3 is 0 Å². The Morgan fingerprint density at radius 3 is 2.62 bits per heavy atom. The van der Waals surface area contributed by atoms with Crippen LogP contribution in [0.3, 0.4) is 0 Å². The highest BCUT2D eigenvalue weighted by atomic mass is 127. The Bertz CT molecular complexity index is 779. The van der Waals surface area contributed by atoms with Crippen LogP contribution in [0.4, 0.5) is 10.1 Å². The van der Waals surface area contributed by atoms with Gasteiger partial charge in [-0.25, -0.2) is 4.39 Å². The molecule has 3 rings (SSSR count). The van der Waals surface area contributed by atoms with Gasteiger partial charge in [0.15, 0.2) is 5.96 Å². The molecule has 2 aromatic carbocycles. The first-order chi connectivity index (χ1) is 12.2. The normalized spacial score (nSPS) is 13.0. The summed E-state index contributed by atoms with van der Waals surface area (Å²) in [5.74, 6) is 0.280. The highest BCUT2D eigenvalue weighted by molar-refractivity contribution is 14.0. The van der Waals surface area contributed by atoms with Crippen LogP contribution >= 0.6 is 24.0 Å². The van der Waals surface area contributed by atoms with Crippen LogP contribution in [0.2, 0.25) is 0 Å². The number of halogens is 2. The number of carbonyl (C=O) groups excluding carboxylic acids is 1. The van der Waals surface area contributed by atoms with Crippen molar-refractivity contribution in [2.75, 3.05) is 25.0 Å². The maximum Gasteiger partial charge on any atom is 0.246 e. The number of nitrogens with one attached hydrogen (secondary N) is 2. The summed E-state index contributed by atoms with van der Waals surface area (Å²) in [7, 11) is 1.65. The third-order valence-corrected chi connectivity index (χ3v) is 4.19. The van der Waals surface area contributed by atoms with Crippen molar-refractivity contribution in [1.29, 1.82) is 0 Å². The van der Waals surface area contributed by atoms with Crippen LogP contribution < -0.4 is 15.5 Å². The van der Waals surface area contributed by atoms with Gasteiger partial charge in [-0.3, -0.25) is 9.79 Å². The maximum absolute atomic E-state index is 12.9. The number of benzene rings is 2. The van der Waals surface area contributed by atoms with Crippen LogP contribution in [0.15, 0.2) is 53.5 Å². The molecule has 1 aliphatic rings. The van der Waals surface area contributed by atoms with Gasteiger partial charge in [0.05, 0.1) is 6.54 Å². The van der Waals surface area contributed by atoms with E-state index in [0.717, 1.165) is 17.7 Å². The zero-order chi connectivity index (χ0) is 17.6. The summed E-state index contributed by atoms with van der Waals surface area (Å²) in [4.78, 5) is 18.4. The van der Waals surface area contributed by atoms with E-state index in [1.54, 1.807) is 24.1 Å². The number of rotatable bonds is 4. The third-order valence-electron chi connectivity index (χ3n) is 4.19. The average molecular weight is 468 g/mol. The lowest BCUT2D eigenvalue weighted by molar-refractivity contribution is -0.117. The lowest BCUT2D eigenvalue weighted by Gasteiger charge is -2.18. The van der Waals surface area contributed by atoms with Gasteiger partial charge in [0.2, 0.25) is 5.91 Å². The fraction of sp³-hybridized carbons (Fsp3) is 0.263. The van der Waals surface area contributed by atoms with Crippen molar-refractivity contribution >= 4 is 41.5 Å². The molecule has 0 unspecified atom stereocenters. The van der Waals surface area contributed by atoms with E-state index in [9.17, 15) is 9.18 Å². The molecule has 2 aromatic rings. The molecule has 0 aromatic heterocycles. The van der Waals surface area contributed by atoms with Crippen molar-refractivity contribution in [3.8, 4) is 0 Å². The number of guanidine groups is 1. The van der Waals surface area contributed by atoms with E-state index in [1.807, 2.05) is 18.2 Å². The summed E-state index contributed by atoms with van der Waals surface area (Å²) in [5.41, 5.74) is 3.13. The predicted octanol–water partition coefficient (Wildman–Crippen LogP) is 2.70. The molecule has 1 heterocycles. The third kappa shape index (κ3) is 4.94. The van der Waals surface area contributed by atoms with E-state index in [1.165, 1.54) is 17.7 Å². The number of hydrogen-bond donors (Lipinski definition) is 2. The molecule has 0 saturated carbocycles. The van der Waals surface area contributed by atoms with E-state index in [-0.39, 0.29) is 42.2 Å². The van der Waals surface area contributed by atoms with E-state index in [0.29, 0.717) is 19.0 Å². The quantitative estimate of drug-likeness (QED) is 0.412. The maximum atomic E-state index is 12.9. The van der Waals surface area contributed by atoms with E-state index < -0.39 is 0 Å². The predicted molar refractivity (Wildman–Crippen MR) is 113 cm³/mol. The second kappa shape index (κ2) is 9.51. The Balaban J connectivity index is 0.00000243. The smallest absolute Gasteiger partial charge is 0.246 e. The topological polar surface area (TPSA) is 56.7 Å². The Morgan fingerprint density at radius 2 is 1.88 bits per heavy atom. The highest BCUT2D eigenvalue weighted by Gasteiger charge is 2.23. The molecule has 26 heavy (non-hydrogen) atoms. The lowest BCUT2D eigenvalue weighted by Crippen LogP contribution is -2.44. The van der Waals surface area contributed by atoms with E-state index in [4.69, 9.17) is 0 Å². The monoisotopic (exact) mass is 468 g/mol. The molecule has 0 bridgehead atoms. The van der Waals surface area contributed by atoms with Crippen LogP contribution in [0.1, 0.15) is 11.1 Å². The van der Waals surface area contributed by atoms with Crippen molar-refractivity contribution in [1.82, 2.24) is 10.6 Å². The molecule has 0 spiro atoms. The van der Waals surface area contributed by atoms with Gasteiger partial charge in [0.25, 0.3) is 0 Å². The SMILES string of the molecule is CN=C(NCC(=O)N1CCc2ccccc21)NCc1ccc(F)cc1.I. The molecule has 0 fully saturated rings. The molecule has 2 N–H and O–H groups in total. The summed E-state index contributed by atoms with van der Waals surface area (Å²) in [6.07, 6.45) is 0.888. The molecule has 7 heteroatoms. The molecule has 0 aliphatic carbocycles. The summed E-state index contributed by atoms with van der Waals surface area (Å²) in [6.45, 7) is 1.37. The van der Waals surface area contributed by atoms with Crippen LogP contribution in [0.25, 0.3) is 0 Å². The van der Waals surface area contributed by atoms with Gasteiger partial charge in [-0.2, -0.15) is 0 Å². The zero-order valence-electron chi connectivity index (χ0n) is 14.5. The van der Waals surface area contributed by atoms with Crippen LogP contribution in [-0.4, -0.2) is 32.0 Å². The fourth-order valence-electron chi connectivity index (χ4n) is 2.86. The number of nitrogens with zero attached hydrogens (tertiary/aromatic N) is 2. The molecule has 0 saturated heterocycles. The first-order valence-corrected chi connectivity index (χ1v) is 8.24. The lowest BCUT2D eigenvalue weighted by atomic mass is 10.2. The second-order valence-corrected chi connectivity index (χ2v) is 5.83. The Labute approximate surface area is 169 Å². The average Bonchev–Trinajstić information content (AvgIpc) is 3.07.